The van der Waals surface area contributed by atoms with Gasteiger partial charge in [-0.1, -0.05) is 45.0 Å². The highest BCUT2D eigenvalue weighted by atomic mass is 35.5. The van der Waals surface area contributed by atoms with Crippen LogP contribution in [0.1, 0.15) is 52.0 Å². The number of nitriles is 1. The van der Waals surface area contributed by atoms with Gasteiger partial charge in [-0.2, -0.15) is 5.26 Å². The maximum Gasteiger partial charge on any atom is 0.170 e. The highest BCUT2D eigenvalue weighted by molar-refractivity contribution is 8.00. The molecule has 1 aromatic rings. The molecule has 6 atom stereocenters. The van der Waals surface area contributed by atoms with E-state index in [1.807, 2.05) is 6.07 Å². The van der Waals surface area contributed by atoms with Gasteiger partial charge >= 0.3 is 0 Å². The van der Waals surface area contributed by atoms with Crippen LogP contribution < -0.4 is 5.32 Å². The molecule has 1 N–H and O–H groups in total. The molecule has 0 radical (unpaired) electrons. The van der Waals surface area contributed by atoms with Gasteiger partial charge in [-0.05, 0) is 60.8 Å². The molecule has 178 valence electrons. The van der Waals surface area contributed by atoms with Crippen LogP contribution >= 0.6 is 23.4 Å². The first-order valence-corrected chi connectivity index (χ1v) is 12.6. The van der Waals surface area contributed by atoms with Crippen LogP contribution in [0, 0.1) is 35.0 Å². The molecule has 0 spiro atoms. The van der Waals surface area contributed by atoms with E-state index in [9.17, 15) is 18.4 Å². The molecule has 6 unspecified atom stereocenters. The first-order chi connectivity index (χ1) is 15.6. The predicted molar refractivity (Wildman–Crippen MR) is 131 cm³/mol. The lowest BCUT2D eigenvalue weighted by atomic mass is 9.91. The van der Waals surface area contributed by atoms with Crippen molar-refractivity contribution >= 4 is 29.1 Å². The smallest absolute Gasteiger partial charge is 0.170 e. The monoisotopic (exact) mass is 494 g/mol. The second kappa shape index (κ2) is 11.1. The zero-order valence-corrected chi connectivity index (χ0v) is 20.7. The third-order valence-electron chi connectivity index (χ3n) is 6.87. The molecule has 1 fully saturated rings. The molecule has 2 aliphatic rings. The van der Waals surface area contributed by atoms with Gasteiger partial charge in [-0.25, -0.2) is 13.2 Å². The normalized spacial score (nSPS) is 28.3. The van der Waals surface area contributed by atoms with Crippen LogP contribution in [0.4, 0.5) is 13.2 Å². The molecule has 0 heterocycles. The molecule has 33 heavy (non-hydrogen) atoms. The number of nitrogens with one attached hydrogen (secondary N) is 1. The number of benzene rings is 1. The van der Waals surface area contributed by atoms with Gasteiger partial charge in [-0.15, -0.1) is 11.8 Å². The maximum atomic E-state index is 13.7. The Morgan fingerprint density at radius 2 is 2.09 bits per heavy atom. The van der Waals surface area contributed by atoms with Crippen LogP contribution in [0.5, 0.6) is 0 Å². The number of hydrogen-bond donors (Lipinski definition) is 1. The third kappa shape index (κ3) is 6.00. The van der Waals surface area contributed by atoms with Crippen molar-refractivity contribution in [3.05, 3.63) is 58.8 Å². The average Bonchev–Trinajstić information content (AvgIpc) is 3.04. The van der Waals surface area contributed by atoms with Crippen LogP contribution in [0.3, 0.4) is 0 Å². The van der Waals surface area contributed by atoms with E-state index in [4.69, 9.17) is 11.6 Å². The van der Waals surface area contributed by atoms with Gasteiger partial charge in [0.2, 0.25) is 0 Å². The molecule has 0 saturated heterocycles. The fourth-order valence-corrected chi connectivity index (χ4v) is 6.50. The van der Waals surface area contributed by atoms with Gasteiger partial charge in [-0.3, -0.25) is 0 Å². The number of nitrogens with zero attached hydrogens (tertiary/aromatic N) is 1. The summed E-state index contributed by atoms with van der Waals surface area (Å²) in [6.45, 7) is 10.6. The van der Waals surface area contributed by atoms with E-state index in [0.29, 0.717) is 33.7 Å². The maximum absolute atomic E-state index is 13.7. The van der Waals surface area contributed by atoms with E-state index in [-0.39, 0.29) is 18.0 Å². The number of halogens is 4. The molecule has 7 heteroatoms. The molecular formula is C26H30ClF3N2S. The van der Waals surface area contributed by atoms with Crippen LogP contribution in [0.15, 0.2) is 53.1 Å². The number of rotatable bonds is 8. The van der Waals surface area contributed by atoms with E-state index in [2.05, 4.69) is 38.7 Å². The summed E-state index contributed by atoms with van der Waals surface area (Å²) in [6.07, 6.45) is 1.53. The lowest BCUT2D eigenvalue weighted by molar-refractivity contribution is 0.303. The Morgan fingerprint density at radius 1 is 1.36 bits per heavy atom. The van der Waals surface area contributed by atoms with Gasteiger partial charge in [0.1, 0.15) is 0 Å². The third-order valence-corrected chi connectivity index (χ3v) is 8.99. The minimum Gasteiger partial charge on any atom is -0.359 e. The van der Waals surface area contributed by atoms with Crippen molar-refractivity contribution in [3.63, 3.8) is 0 Å². The summed E-state index contributed by atoms with van der Waals surface area (Å²) in [5, 5.41) is 13.3. The van der Waals surface area contributed by atoms with E-state index >= 15 is 0 Å². The fraction of sp³-hybridized carbons (Fsp3) is 0.500. The van der Waals surface area contributed by atoms with Gasteiger partial charge in [0.25, 0.3) is 0 Å². The van der Waals surface area contributed by atoms with Crippen molar-refractivity contribution in [2.75, 3.05) is 0 Å². The molecule has 3 rings (SSSR count). The van der Waals surface area contributed by atoms with Crippen molar-refractivity contribution in [3.8, 4) is 6.07 Å². The number of hydrogen-bond acceptors (Lipinski definition) is 3. The molecule has 0 aromatic heterocycles. The highest BCUT2D eigenvalue weighted by Gasteiger charge is 2.40. The molecule has 0 bridgehead atoms. The summed E-state index contributed by atoms with van der Waals surface area (Å²) in [5.41, 5.74) is 1.44. The van der Waals surface area contributed by atoms with E-state index in [1.165, 1.54) is 0 Å². The summed E-state index contributed by atoms with van der Waals surface area (Å²) in [7, 11) is 0. The summed E-state index contributed by atoms with van der Waals surface area (Å²) >= 11 is 8.27. The zero-order chi connectivity index (χ0) is 24.3. The summed E-state index contributed by atoms with van der Waals surface area (Å²) in [5.74, 6) is -1.02. The van der Waals surface area contributed by atoms with Gasteiger partial charge < -0.3 is 5.32 Å². The van der Waals surface area contributed by atoms with Crippen molar-refractivity contribution in [2.45, 2.75) is 62.8 Å². The van der Waals surface area contributed by atoms with Crippen LogP contribution in [0.2, 0.25) is 5.02 Å². The molecule has 0 amide bonds. The minimum absolute atomic E-state index is 0.0590. The Hall–Kier alpha value is -1.84. The summed E-state index contributed by atoms with van der Waals surface area (Å²) in [6, 6.07) is 7.96. The number of alkyl halides is 1. The minimum atomic E-state index is -2.00. The van der Waals surface area contributed by atoms with Crippen LogP contribution in [0.25, 0.3) is 5.70 Å². The van der Waals surface area contributed by atoms with Gasteiger partial charge in [0, 0.05) is 33.9 Å². The summed E-state index contributed by atoms with van der Waals surface area (Å²) < 4.78 is 40.6. The second-order valence-corrected chi connectivity index (χ2v) is 10.8. The van der Waals surface area contributed by atoms with E-state index in [1.54, 1.807) is 23.9 Å². The lowest BCUT2D eigenvalue weighted by Gasteiger charge is -2.25. The molecular weight excluding hydrogens is 465 g/mol. The molecule has 1 aromatic carbocycles. The first-order valence-electron chi connectivity index (χ1n) is 11.4. The van der Waals surface area contributed by atoms with Gasteiger partial charge in [0.15, 0.2) is 17.8 Å². The Balaban J connectivity index is 1.77. The molecule has 1 saturated carbocycles. The van der Waals surface area contributed by atoms with E-state index in [0.717, 1.165) is 35.8 Å². The lowest BCUT2D eigenvalue weighted by Crippen LogP contribution is -2.20. The summed E-state index contributed by atoms with van der Waals surface area (Å²) in [4.78, 5) is 0.913. The van der Waals surface area contributed by atoms with Crippen molar-refractivity contribution < 1.29 is 13.2 Å². The quantitative estimate of drug-likeness (QED) is 0.394. The zero-order valence-electron chi connectivity index (χ0n) is 19.2. The van der Waals surface area contributed by atoms with Crippen molar-refractivity contribution in [1.82, 2.24) is 5.32 Å². The van der Waals surface area contributed by atoms with Crippen molar-refractivity contribution in [2.24, 2.45) is 23.7 Å². The average molecular weight is 495 g/mol. The highest BCUT2D eigenvalue weighted by Crippen LogP contribution is 2.49. The largest absolute Gasteiger partial charge is 0.359 e. The SMILES string of the molecule is C=C(NC1=CC(F)=C(F)C(F)C1)c1ccc(Cl)c(SC2C(CC(C#N)CC)CC(C)C2C)c1. The number of thioether (sulfide) groups is 1. The Labute approximate surface area is 204 Å². The Bertz CT molecular complexity index is 1000. The topological polar surface area (TPSA) is 35.8 Å². The molecule has 0 aliphatic heterocycles. The van der Waals surface area contributed by atoms with E-state index < -0.39 is 17.8 Å². The fourth-order valence-electron chi connectivity index (χ4n) is 4.68. The predicted octanol–water partition coefficient (Wildman–Crippen LogP) is 8.37. The first kappa shape index (κ1) is 25.8. The molecule has 2 aliphatic carbocycles. The Morgan fingerprint density at radius 3 is 2.73 bits per heavy atom. The van der Waals surface area contributed by atoms with Crippen LogP contribution in [-0.4, -0.2) is 11.4 Å². The van der Waals surface area contributed by atoms with Crippen LogP contribution in [-0.2, 0) is 0 Å². The molecule has 2 nitrogen and oxygen atoms in total. The Kier molecular flexibility index (Phi) is 8.64. The number of allylic oxidation sites excluding steroid dienone is 4. The standard InChI is InChI=1S/C26H30ClF3N2S/c1-5-17(13-31)9-19-8-14(2)15(3)26(19)33-24-10-18(6-7-21(24)27)16(4)32-20-11-22(28)25(30)23(29)12-20/h6-7,10-11,14-15,17,19,23,26,32H,4-5,8-9,12H2,1-3H3. The van der Waals surface area contributed by atoms with Gasteiger partial charge in [0.05, 0.1) is 11.1 Å². The second-order valence-electron chi connectivity index (χ2n) is 9.17. The van der Waals surface area contributed by atoms with Crippen molar-refractivity contribution in [1.29, 1.82) is 5.26 Å².